The van der Waals surface area contributed by atoms with Gasteiger partial charge in [-0.2, -0.15) is 0 Å². The lowest BCUT2D eigenvalue weighted by Gasteiger charge is -2.05. The smallest absolute Gasteiger partial charge is 0.168 e. The number of hydrogen-bond donors (Lipinski definition) is 1. The first kappa shape index (κ1) is 13.1. The maximum atomic E-state index is 12.2. The molecule has 0 saturated carbocycles. The molecule has 92 valence electrons. The maximum absolute atomic E-state index is 12.2. The van der Waals surface area contributed by atoms with Crippen LogP contribution in [-0.4, -0.2) is 5.78 Å². The van der Waals surface area contributed by atoms with Crippen LogP contribution < -0.4 is 5.73 Å². The molecule has 0 spiro atoms. The van der Waals surface area contributed by atoms with Crippen molar-refractivity contribution in [1.82, 2.24) is 0 Å². The van der Waals surface area contributed by atoms with Crippen LogP contribution in [0.2, 0.25) is 5.02 Å². The fourth-order valence-electron chi connectivity index (χ4n) is 1.68. The molecule has 0 fully saturated rings. The highest BCUT2D eigenvalue weighted by molar-refractivity contribution is 9.10. The van der Waals surface area contributed by atoms with E-state index in [0.29, 0.717) is 22.7 Å². The maximum Gasteiger partial charge on any atom is 0.168 e. The number of ketones is 1. The zero-order chi connectivity index (χ0) is 13.1. The highest BCUT2D eigenvalue weighted by Gasteiger charge is 2.11. The number of carbonyl (C=O) groups is 1. The third-order valence-electron chi connectivity index (χ3n) is 2.54. The molecule has 0 aromatic heterocycles. The van der Waals surface area contributed by atoms with Crippen LogP contribution in [0.5, 0.6) is 0 Å². The monoisotopic (exact) mass is 323 g/mol. The predicted molar refractivity (Wildman–Crippen MR) is 78.0 cm³/mol. The summed E-state index contributed by atoms with van der Waals surface area (Å²) in [6.07, 6.45) is 0.308. The summed E-state index contributed by atoms with van der Waals surface area (Å²) >= 11 is 9.25. The molecule has 0 heterocycles. The molecule has 2 N–H and O–H groups in total. The zero-order valence-corrected chi connectivity index (χ0v) is 11.8. The van der Waals surface area contributed by atoms with Gasteiger partial charge in [0, 0.05) is 27.2 Å². The summed E-state index contributed by atoms with van der Waals surface area (Å²) in [5.74, 6) is 0.0106. The average molecular weight is 325 g/mol. The number of rotatable bonds is 3. The molecule has 4 heteroatoms. The highest BCUT2D eigenvalue weighted by atomic mass is 79.9. The van der Waals surface area contributed by atoms with Crippen molar-refractivity contribution >= 4 is 39.0 Å². The van der Waals surface area contributed by atoms with E-state index in [1.54, 1.807) is 30.3 Å². The molecular formula is C14H11BrClNO. The second kappa shape index (κ2) is 5.55. The van der Waals surface area contributed by atoms with E-state index < -0.39 is 0 Å². The number of nitrogens with two attached hydrogens (primary N) is 1. The van der Waals surface area contributed by atoms with Gasteiger partial charge in [-0.25, -0.2) is 0 Å². The predicted octanol–water partition coefficient (Wildman–Crippen LogP) is 4.11. The Labute approximate surface area is 119 Å². The van der Waals surface area contributed by atoms with Crippen molar-refractivity contribution in [2.75, 3.05) is 5.73 Å². The largest absolute Gasteiger partial charge is 0.399 e. The summed E-state index contributed by atoms with van der Waals surface area (Å²) < 4.78 is 0.753. The summed E-state index contributed by atoms with van der Waals surface area (Å²) in [7, 11) is 0. The van der Waals surface area contributed by atoms with Crippen LogP contribution in [0.3, 0.4) is 0 Å². The van der Waals surface area contributed by atoms with Crippen molar-refractivity contribution < 1.29 is 4.79 Å². The molecule has 0 aliphatic carbocycles. The molecule has 2 aromatic carbocycles. The van der Waals surface area contributed by atoms with Crippen LogP contribution in [0.15, 0.2) is 46.9 Å². The Morgan fingerprint density at radius 3 is 2.72 bits per heavy atom. The van der Waals surface area contributed by atoms with E-state index in [1.165, 1.54) is 0 Å². The van der Waals surface area contributed by atoms with Crippen LogP contribution in [0.4, 0.5) is 5.69 Å². The molecule has 0 aliphatic heterocycles. The molecule has 0 bridgehead atoms. The van der Waals surface area contributed by atoms with Gasteiger partial charge in [0.15, 0.2) is 5.78 Å². The number of carbonyl (C=O) groups excluding carboxylic acids is 1. The van der Waals surface area contributed by atoms with E-state index in [4.69, 9.17) is 17.3 Å². The summed E-state index contributed by atoms with van der Waals surface area (Å²) in [4.78, 5) is 12.2. The van der Waals surface area contributed by atoms with Gasteiger partial charge in [0.25, 0.3) is 0 Å². The zero-order valence-electron chi connectivity index (χ0n) is 9.49. The Hall–Kier alpha value is -1.32. The van der Waals surface area contributed by atoms with E-state index in [9.17, 15) is 4.79 Å². The molecule has 2 nitrogen and oxygen atoms in total. The number of nitrogen functional groups attached to an aromatic ring is 1. The Kier molecular flexibility index (Phi) is 4.04. The Morgan fingerprint density at radius 1 is 1.22 bits per heavy atom. The van der Waals surface area contributed by atoms with Crippen molar-refractivity contribution in [2.45, 2.75) is 6.42 Å². The molecule has 0 radical (unpaired) electrons. The minimum Gasteiger partial charge on any atom is -0.399 e. The molecule has 0 unspecified atom stereocenters. The minimum absolute atomic E-state index is 0.0106. The van der Waals surface area contributed by atoms with Crippen molar-refractivity contribution in [2.24, 2.45) is 0 Å². The van der Waals surface area contributed by atoms with Gasteiger partial charge in [0.1, 0.15) is 0 Å². The first-order valence-electron chi connectivity index (χ1n) is 5.39. The Balaban J connectivity index is 2.24. The van der Waals surface area contributed by atoms with Gasteiger partial charge in [0.2, 0.25) is 0 Å². The second-order valence-electron chi connectivity index (χ2n) is 3.97. The van der Waals surface area contributed by atoms with Crippen LogP contribution in [0.1, 0.15) is 15.9 Å². The third-order valence-corrected chi connectivity index (χ3v) is 3.47. The van der Waals surface area contributed by atoms with Crippen LogP contribution in [0, 0.1) is 0 Å². The Bertz CT molecular complexity index is 598. The van der Waals surface area contributed by atoms with Crippen molar-refractivity contribution in [3.8, 4) is 0 Å². The number of hydrogen-bond acceptors (Lipinski definition) is 2. The SMILES string of the molecule is Nc1ccc(Br)c(C(=O)Cc2cccc(Cl)c2)c1. The molecular weight excluding hydrogens is 314 g/mol. The molecule has 2 aromatic rings. The standard InChI is InChI=1S/C14H11BrClNO/c15-13-5-4-11(17)8-12(13)14(18)7-9-2-1-3-10(16)6-9/h1-6,8H,7,17H2. The van der Waals surface area contributed by atoms with Crippen LogP contribution in [-0.2, 0) is 6.42 Å². The molecule has 0 atom stereocenters. The van der Waals surface area contributed by atoms with E-state index in [2.05, 4.69) is 15.9 Å². The van der Waals surface area contributed by atoms with Gasteiger partial charge < -0.3 is 5.73 Å². The number of halogens is 2. The summed E-state index contributed by atoms with van der Waals surface area (Å²) in [6.45, 7) is 0. The number of anilines is 1. The van der Waals surface area contributed by atoms with Crippen LogP contribution >= 0.6 is 27.5 Å². The van der Waals surface area contributed by atoms with E-state index in [-0.39, 0.29) is 5.78 Å². The Morgan fingerprint density at radius 2 is 2.00 bits per heavy atom. The van der Waals surface area contributed by atoms with E-state index in [1.807, 2.05) is 12.1 Å². The van der Waals surface area contributed by atoms with Gasteiger partial charge in [-0.15, -0.1) is 0 Å². The topological polar surface area (TPSA) is 43.1 Å². The van der Waals surface area contributed by atoms with E-state index >= 15 is 0 Å². The second-order valence-corrected chi connectivity index (χ2v) is 5.26. The fraction of sp³-hybridized carbons (Fsp3) is 0.0714. The lowest BCUT2D eigenvalue weighted by atomic mass is 10.0. The number of Topliss-reactive ketones (excluding diaryl/α,β-unsaturated/α-hetero) is 1. The van der Waals surface area contributed by atoms with Crippen molar-refractivity contribution in [1.29, 1.82) is 0 Å². The molecule has 18 heavy (non-hydrogen) atoms. The summed E-state index contributed by atoms with van der Waals surface area (Å²) in [5, 5.41) is 0.631. The normalized spacial score (nSPS) is 10.3. The van der Waals surface area contributed by atoms with Crippen molar-refractivity contribution in [3.63, 3.8) is 0 Å². The third kappa shape index (κ3) is 3.12. The lowest BCUT2D eigenvalue weighted by molar-refractivity contribution is 0.0992. The van der Waals surface area contributed by atoms with Gasteiger partial charge in [0.05, 0.1) is 0 Å². The highest BCUT2D eigenvalue weighted by Crippen LogP contribution is 2.22. The van der Waals surface area contributed by atoms with E-state index in [0.717, 1.165) is 10.0 Å². The fourth-order valence-corrected chi connectivity index (χ4v) is 2.36. The van der Waals surface area contributed by atoms with Gasteiger partial charge >= 0.3 is 0 Å². The lowest BCUT2D eigenvalue weighted by Crippen LogP contribution is -2.05. The molecule has 0 aliphatic rings. The molecule has 2 rings (SSSR count). The minimum atomic E-state index is 0.0106. The van der Waals surface area contributed by atoms with Gasteiger partial charge in [-0.05, 0) is 35.9 Å². The molecule has 0 saturated heterocycles. The number of benzene rings is 2. The molecule has 0 amide bonds. The van der Waals surface area contributed by atoms with Gasteiger partial charge in [-0.1, -0.05) is 39.7 Å². The quantitative estimate of drug-likeness (QED) is 0.682. The van der Waals surface area contributed by atoms with Crippen LogP contribution in [0.25, 0.3) is 0 Å². The van der Waals surface area contributed by atoms with Gasteiger partial charge in [-0.3, -0.25) is 4.79 Å². The summed E-state index contributed by atoms with van der Waals surface area (Å²) in [5.41, 5.74) is 7.75. The van der Waals surface area contributed by atoms with Crippen molar-refractivity contribution in [3.05, 3.63) is 63.1 Å². The summed E-state index contributed by atoms with van der Waals surface area (Å²) in [6, 6.07) is 12.5. The average Bonchev–Trinajstić information content (AvgIpc) is 2.32. The first-order chi connectivity index (χ1) is 8.56. The first-order valence-corrected chi connectivity index (χ1v) is 6.56.